The number of benzene rings is 2. The van der Waals surface area contributed by atoms with Crippen molar-refractivity contribution in [3.8, 4) is 0 Å². The van der Waals surface area contributed by atoms with E-state index in [2.05, 4.69) is 5.32 Å². The van der Waals surface area contributed by atoms with E-state index in [1.165, 1.54) is 11.0 Å². The molecule has 0 unspecified atom stereocenters. The molecule has 0 aromatic heterocycles. The Bertz CT molecular complexity index is 590. The Labute approximate surface area is 108 Å². The number of non-ortho nitro benzene ring substituents is 1. The van der Waals surface area contributed by atoms with E-state index in [1.807, 2.05) is 30.3 Å². The van der Waals surface area contributed by atoms with Crippen LogP contribution in [0.5, 0.6) is 0 Å². The van der Waals surface area contributed by atoms with E-state index in [0.717, 1.165) is 11.3 Å². The Kier molecular flexibility index (Phi) is 2.68. The molecule has 1 N–H and O–H groups in total. The van der Waals surface area contributed by atoms with Crippen LogP contribution in [0.25, 0.3) is 0 Å². The second kappa shape index (κ2) is 4.34. The summed E-state index contributed by atoms with van der Waals surface area (Å²) < 4.78 is 0. The molecule has 0 amide bonds. The van der Waals surface area contributed by atoms with E-state index in [1.54, 1.807) is 23.9 Å². The van der Waals surface area contributed by atoms with Gasteiger partial charge >= 0.3 is 0 Å². The highest BCUT2D eigenvalue weighted by atomic mass is 32.2. The van der Waals surface area contributed by atoms with E-state index in [-0.39, 0.29) is 16.0 Å². The minimum Gasteiger partial charge on any atom is -0.368 e. The van der Waals surface area contributed by atoms with Crippen molar-refractivity contribution in [2.24, 2.45) is 0 Å². The fourth-order valence-corrected chi connectivity index (χ4v) is 3.07. The number of nitrogens with one attached hydrogen (secondary N) is 1. The van der Waals surface area contributed by atoms with Gasteiger partial charge in [0.05, 0.1) is 4.92 Å². The first-order valence-electron chi connectivity index (χ1n) is 5.50. The van der Waals surface area contributed by atoms with Crippen molar-refractivity contribution in [1.82, 2.24) is 0 Å². The first kappa shape index (κ1) is 11.1. The van der Waals surface area contributed by atoms with Gasteiger partial charge in [-0.15, -0.1) is 0 Å². The van der Waals surface area contributed by atoms with Gasteiger partial charge in [0.15, 0.2) is 0 Å². The van der Waals surface area contributed by atoms with Crippen molar-refractivity contribution in [2.45, 2.75) is 10.3 Å². The van der Waals surface area contributed by atoms with E-state index in [0.29, 0.717) is 0 Å². The first-order chi connectivity index (χ1) is 8.74. The van der Waals surface area contributed by atoms with Crippen LogP contribution in [-0.4, -0.2) is 4.92 Å². The third-order valence-corrected chi connectivity index (χ3v) is 4.04. The maximum Gasteiger partial charge on any atom is 0.269 e. The van der Waals surface area contributed by atoms with Gasteiger partial charge in [-0.05, 0) is 17.7 Å². The van der Waals surface area contributed by atoms with Gasteiger partial charge in [-0.1, -0.05) is 36.0 Å². The lowest BCUT2D eigenvalue weighted by molar-refractivity contribution is -0.384. The van der Waals surface area contributed by atoms with E-state index in [9.17, 15) is 10.1 Å². The molecule has 3 rings (SSSR count). The zero-order chi connectivity index (χ0) is 12.5. The van der Waals surface area contributed by atoms with Crippen molar-refractivity contribution >= 4 is 23.1 Å². The standard InChI is InChI=1S/C13H10N2O2S/c16-15(17)10-5-3-4-9(8-10)13-14-11-6-1-2-7-12(11)18-13/h1-8,13-14H/t13-/m1/s1. The largest absolute Gasteiger partial charge is 0.368 e. The van der Waals surface area contributed by atoms with E-state index < -0.39 is 0 Å². The number of nitro groups is 1. The number of anilines is 1. The molecular weight excluding hydrogens is 248 g/mol. The molecule has 1 aliphatic rings. The predicted molar refractivity (Wildman–Crippen MR) is 71.8 cm³/mol. The molecule has 1 atom stereocenters. The molecular formula is C13H10N2O2S. The van der Waals surface area contributed by atoms with Gasteiger partial charge < -0.3 is 5.32 Å². The van der Waals surface area contributed by atoms with E-state index >= 15 is 0 Å². The van der Waals surface area contributed by atoms with Gasteiger partial charge in [0.25, 0.3) is 5.69 Å². The van der Waals surface area contributed by atoms with Crippen LogP contribution in [-0.2, 0) is 0 Å². The van der Waals surface area contributed by atoms with Crippen LogP contribution in [0.1, 0.15) is 10.9 Å². The summed E-state index contributed by atoms with van der Waals surface area (Å²) in [5.41, 5.74) is 2.13. The summed E-state index contributed by atoms with van der Waals surface area (Å²) in [6, 6.07) is 14.8. The highest BCUT2D eigenvalue weighted by Crippen LogP contribution is 2.46. The quantitative estimate of drug-likeness (QED) is 0.657. The van der Waals surface area contributed by atoms with Crippen LogP contribution < -0.4 is 5.32 Å². The number of rotatable bonds is 2. The average molecular weight is 258 g/mol. The molecule has 0 saturated heterocycles. The van der Waals surface area contributed by atoms with E-state index in [4.69, 9.17) is 0 Å². The molecule has 0 aliphatic carbocycles. The topological polar surface area (TPSA) is 55.2 Å². The lowest BCUT2D eigenvalue weighted by Crippen LogP contribution is -2.01. The van der Waals surface area contributed by atoms with Gasteiger partial charge in [0.1, 0.15) is 5.37 Å². The third kappa shape index (κ3) is 1.93. The summed E-state index contributed by atoms with van der Waals surface area (Å²) in [4.78, 5) is 11.6. The minimum atomic E-state index is -0.365. The van der Waals surface area contributed by atoms with Gasteiger partial charge in [0, 0.05) is 22.7 Å². The normalized spacial score (nSPS) is 17.0. The van der Waals surface area contributed by atoms with Gasteiger partial charge in [-0.2, -0.15) is 0 Å². The molecule has 0 spiro atoms. The molecule has 0 fully saturated rings. The molecule has 2 aromatic rings. The fraction of sp³-hybridized carbons (Fsp3) is 0.0769. The van der Waals surface area contributed by atoms with Gasteiger partial charge in [-0.3, -0.25) is 10.1 Å². The van der Waals surface area contributed by atoms with Crippen LogP contribution in [0.4, 0.5) is 11.4 Å². The highest BCUT2D eigenvalue weighted by molar-refractivity contribution is 8.00. The number of nitrogens with zero attached hydrogens (tertiary/aromatic N) is 1. The third-order valence-electron chi connectivity index (χ3n) is 2.80. The number of hydrogen-bond donors (Lipinski definition) is 1. The van der Waals surface area contributed by atoms with Crippen molar-refractivity contribution < 1.29 is 4.92 Å². The van der Waals surface area contributed by atoms with Crippen molar-refractivity contribution in [3.05, 3.63) is 64.2 Å². The Hall–Kier alpha value is -2.01. The molecule has 90 valence electrons. The molecule has 0 bridgehead atoms. The zero-order valence-corrected chi connectivity index (χ0v) is 10.2. The second-order valence-electron chi connectivity index (χ2n) is 3.99. The predicted octanol–water partition coefficient (Wildman–Crippen LogP) is 3.81. The molecule has 0 saturated carbocycles. The highest BCUT2D eigenvalue weighted by Gasteiger charge is 2.23. The van der Waals surface area contributed by atoms with Crippen molar-refractivity contribution in [1.29, 1.82) is 0 Å². The van der Waals surface area contributed by atoms with Gasteiger partial charge in [0.2, 0.25) is 0 Å². The fourth-order valence-electron chi connectivity index (χ4n) is 1.94. The van der Waals surface area contributed by atoms with Crippen LogP contribution in [0.15, 0.2) is 53.4 Å². The molecule has 4 nitrogen and oxygen atoms in total. The lowest BCUT2D eigenvalue weighted by atomic mass is 10.2. The molecule has 1 heterocycles. The second-order valence-corrected chi connectivity index (χ2v) is 5.14. The number of thioether (sulfide) groups is 1. The Balaban J connectivity index is 1.90. The summed E-state index contributed by atoms with van der Waals surface area (Å²) in [5, 5.41) is 14.2. The number of para-hydroxylation sites is 1. The van der Waals surface area contributed by atoms with Crippen LogP contribution in [0.3, 0.4) is 0 Å². The summed E-state index contributed by atoms with van der Waals surface area (Å²) in [5.74, 6) is 0. The summed E-state index contributed by atoms with van der Waals surface area (Å²) >= 11 is 1.68. The smallest absolute Gasteiger partial charge is 0.269 e. The number of hydrogen-bond acceptors (Lipinski definition) is 4. The number of fused-ring (bicyclic) bond motifs is 1. The van der Waals surface area contributed by atoms with Crippen molar-refractivity contribution in [2.75, 3.05) is 5.32 Å². The van der Waals surface area contributed by atoms with Crippen LogP contribution in [0.2, 0.25) is 0 Å². The average Bonchev–Trinajstić information content (AvgIpc) is 2.82. The monoisotopic (exact) mass is 258 g/mol. The zero-order valence-electron chi connectivity index (χ0n) is 9.37. The summed E-state index contributed by atoms with van der Waals surface area (Å²) in [6.07, 6.45) is 0. The Morgan fingerprint density at radius 2 is 2.00 bits per heavy atom. The van der Waals surface area contributed by atoms with Gasteiger partial charge in [-0.25, -0.2) is 0 Å². The van der Waals surface area contributed by atoms with Crippen LogP contribution >= 0.6 is 11.8 Å². The summed E-state index contributed by atoms with van der Waals surface area (Å²) in [6.45, 7) is 0. The molecule has 0 radical (unpaired) electrons. The molecule has 1 aliphatic heterocycles. The Morgan fingerprint density at radius 1 is 1.17 bits per heavy atom. The minimum absolute atomic E-state index is 0.0438. The Morgan fingerprint density at radius 3 is 2.78 bits per heavy atom. The first-order valence-corrected chi connectivity index (χ1v) is 6.38. The number of nitro benzene ring substituents is 1. The summed E-state index contributed by atoms with van der Waals surface area (Å²) in [7, 11) is 0. The molecule has 18 heavy (non-hydrogen) atoms. The SMILES string of the molecule is O=[N+]([O-])c1cccc([C@@H]2Nc3ccccc3S2)c1. The van der Waals surface area contributed by atoms with Crippen molar-refractivity contribution in [3.63, 3.8) is 0 Å². The van der Waals surface area contributed by atoms with Crippen LogP contribution in [0, 0.1) is 10.1 Å². The maximum absolute atomic E-state index is 10.8. The molecule has 2 aromatic carbocycles. The maximum atomic E-state index is 10.8. The molecule has 5 heteroatoms. The lowest BCUT2D eigenvalue weighted by Gasteiger charge is -2.10.